The van der Waals surface area contributed by atoms with Gasteiger partial charge in [-0.25, -0.2) is 0 Å². The first kappa shape index (κ1) is 16.8. The minimum atomic E-state index is 0.137. The van der Waals surface area contributed by atoms with Gasteiger partial charge in [-0.2, -0.15) is 0 Å². The number of likely N-dealkylation sites (N-methyl/N-ethyl adjacent to an activating group) is 2. The summed E-state index contributed by atoms with van der Waals surface area (Å²) in [6.45, 7) is 12.9. The SMILES string of the molecule is CC.CC(=O)N(C)CCN(C)CC(C)C. The molecule has 0 saturated heterocycles. The molecule has 0 bridgehead atoms. The van der Waals surface area contributed by atoms with Gasteiger partial charge >= 0.3 is 0 Å². The van der Waals surface area contributed by atoms with Crippen molar-refractivity contribution in [2.75, 3.05) is 33.7 Å². The van der Waals surface area contributed by atoms with Crippen molar-refractivity contribution in [2.24, 2.45) is 5.92 Å². The zero-order chi connectivity index (χ0) is 12.4. The third-order valence-corrected chi connectivity index (χ3v) is 2.03. The lowest BCUT2D eigenvalue weighted by molar-refractivity contribution is -0.127. The van der Waals surface area contributed by atoms with Gasteiger partial charge in [0.25, 0.3) is 0 Å². The molecule has 0 aromatic carbocycles. The second kappa shape index (κ2) is 9.97. The van der Waals surface area contributed by atoms with Crippen LogP contribution in [0.1, 0.15) is 34.6 Å². The number of hydrogen-bond acceptors (Lipinski definition) is 2. The Bertz CT molecular complexity index is 158. The quantitative estimate of drug-likeness (QED) is 0.702. The van der Waals surface area contributed by atoms with E-state index in [-0.39, 0.29) is 5.91 Å². The van der Waals surface area contributed by atoms with Crippen LogP contribution in [0.25, 0.3) is 0 Å². The molecule has 0 aliphatic carbocycles. The van der Waals surface area contributed by atoms with Crippen LogP contribution in [0.4, 0.5) is 0 Å². The third-order valence-electron chi connectivity index (χ3n) is 2.03. The zero-order valence-electron chi connectivity index (χ0n) is 11.5. The normalized spacial score (nSPS) is 9.93. The van der Waals surface area contributed by atoms with Crippen molar-refractivity contribution in [2.45, 2.75) is 34.6 Å². The molecule has 0 rings (SSSR count). The molecular formula is C12H28N2O. The van der Waals surface area contributed by atoms with E-state index in [1.165, 1.54) is 0 Å². The van der Waals surface area contributed by atoms with Crippen LogP contribution >= 0.6 is 0 Å². The summed E-state index contributed by atoms with van der Waals surface area (Å²) in [4.78, 5) is 14.9. The van der Waals surface area contributed by atoms with Crippen LogP contribution in [0.3, 0.4) is 0 Å². The van der Waals surface area contributed by atoms with Gasteiger partial charge in [0.15, 0.2) is 0 Å². The van der Waals surface area contributed by atoms with Crippen LogP contribution in [0.5, 0.6) is 0 Å². The molecule has 0 aromatic rings. The van der Waals surface area contributed by atoms with E-state index in [9.17, 15) is 4.79 Å². The minimum absolute atomic E-state index is 0.137. The maximum atomic E-state index is 10.9. The molecular weight excluding hydrogens is 188 g/mol. The van der Waals surface area contributed by atoms with Crippen molar-refractivity contribution < 1.29 is 4.79 Å². The summed E-state index contributed by atoms with van der Waals surface area (Å²) in [5.74, 6) is 0.825. The Morgan fingerprint density at radius 1 is 1.13 bits per heavy atom. The van der Waals surface area contributed by atoms with E-state index in [0.29, 0.717) is 5.92 Å². The van der Waals surface area contributed by atoms with E-state index < -0.39 is 0 Å². The van der Waals surface area contributed by atoms with E-state index >= 15 is 0 Å². The van der Waals surface area contributed by atoms with Gasteiger partial charge in [0, 0.05) is 33.6 Å². The van der Waals surface area contributed by atoms with Crippen molar-refractivity contribution in [1.29, 1.82) is 0 Å². The average molecular weight is 216 g/mol. The van der Waals surface area contributed by atoms with Gasteiger partial charge in [0.05, 0.1) is 0 Å². The summed E-state index contributed by atoms with van der Waals surface area (Å²) < 4.78 is 0. The first-order valence-electron chi connectivity index (χ1n) is 5.83. The van der Waals surface area contributed by atoms with Gasteiger partial charge < -0.3 is 9.80 Å². The Labute approximate surface area is 95.4 Å². The van der Waals surface area contributed by atoms with Crippen LogP contribution in [0.15, 0.2) is 0 Å². The van der Waals surface area contributed by atoms with Crippen LogP contribution in [0.2, 0.25) is 0 Å². The predicted molar refractivity (Wildman–Crippen MR) is 67.0 cm³/mol. The standard InChI is InChI=1S/C10H22N2O.C2H6/c1-9(2)8-11(4)6-7-12(5)10(3)13;1-2/h9H,6-8H2,1-5H3;1-2H3. The topological polar surface area (TPSA) is 23.6 Å². The highest BCUT2D eigenvalue weighted by atomic mass is 16.2. The van der Waals surface area contributed by atoms with Gasteiger partial charge in [-0.3, -0.25) is 4.79 Å². The van der Waals surface area contributed by atoms with Crippen LogP contribution < -0.4 is 0 Å². The lowest BCUT2D eigenvalue weighted by Crippen LogP contribution is -2.34. The zero-order valence-corrected chi connectivity index (χ0v) is 11.5. The van der Waals surface area contributed by atoms with Crippen molar-refractivity contribution in [3.63, 3.8) is 0 Å². The molecule has 3 nitrogen and oxygen atoms in total. The molecule has 0 aliphatic heterocycles. The maximum Gasteiger partial charge on any atom is 0.219 e. The predicted octanol–water partition coefficient (Wildman–Crippen LogP) is 2.08. The number of amides is 1. The van der Waals surface area contributed by atoms with Crippen LogP contribution in [-0.2, 0) is 4.79 Å². The lowest BCUT2D eigenvalue weighted by Gasteiger charge is -2.22. The van der Waals surface area contributed by atoms with E-state index in [4.69, 9.17) is 0 Å². The van der Waals surface area contributed by atoms with E-state index in [1.54, 1.807) is 11.8 Å². The maximum absolute atomic E-state index is 10.9. The fourth-order valence-electron chi connectivity index (χ4n) is 1.19. The highest BCUT2D eigenvalue weighted by molar-refractivity contribution is 5.72. The summed E-state index contributed by atoms with van der Waals surface area (Å²) in [7, 11) is 3.93. The number of hydrogen-bond donors (Lipinski definition) is 0. The molecule has 0 saturated carbocycles. The molecule has 0 unspecified atom stereocenters. The van der Waals surface area contributed by atoms with Gasteiger partial charge in [-0.05, 0) is 13.0 Å². The lowest BCUT2D eigenvalue weighted by atomic mass is 10.2. The third kappa shape index (κ3) is 11.4. The largest absolute Gasteiger partial charge is 0.345 e. The molecule has 0 atom stereocenters. The van der Waals surface area contributed by atoms with Gasteiger partial charge in [0.1, 0.15) is 0 Å². The Morgan fingerprint density at radius 2 is 1.60 bits per heavy atom. The average Bonchev–Trinajstić information content (AvgIpc) is 2.16. The molecule has 92 valence electrons. The van der Waals surface area contributed by atoms with E-state index in [0.717, 1.165) is 19.6 Å². The van der Waals surface area contributed by atoms with Crippen molar-refractivity contribution in [1.82, 2.24) is 9.80 Å². The second-order valence-electron chi connectivity index (χ2n) is 4.10. The summed E-state index contributed by atoms with van der Waals surface area (Å²) in [6, 6.07) is 0. The first-order chi connectivity index (χ1) is 6.93. The van der Waals surface area contributed by atoms with Crippen LogP contribution in [-0.4, -0.2) is 49.4 Å². The minimum Gasteiger partial charge on any atom is -0.345 e. The Hall–Kier alpha value is -0.570. The molecule has 0 fully saturated rings. The smallest absolute Gasteiger partial charge is 0.219 e. The molecule has 1 amide bonds. The van der Waals surface area contributed by atoms with Crippen molar-refractivity contribution in [3.8, 4) is 0 Å². The molecule has 0 N–H and O–H groups in total. The fraction of sp³-hybridized carbons (Fsp3) is 0.917. The number of carbonyl (C=O) groups is 1. The molecule has 0 aromatic heterocycles. The highest BCUT2D eigenvalue weighted by Gasteiger charge is 2.05. The second-order valence-corrected chi connectivity index (χ2v) is 4.10. The Morgan fingerprint density at radius 3 is 1.93 bits per heavy atom. The monoisotopic (exact) mass is 216 g/mol. The molecule has 15 heavy (non-hydrogen) atoms. The summed E-state index contributed by atoms with van der Waals surface area (Å²) in [5.41, 5.74) is 0. The molecule has 0 aliphatic rings. The van der Waals surface area contributed by atoms with Gasteiger partial charge in [-0.1, -0.05) is 27.7 Å². The first-order valence-corrected chi connectivity index (χ1v) is 5.83. The molecule has 0 spiro atoms. The van der Waals surface area contributed by atoms with Crippen LogP contribution in [0, 0.1) is 5.92 Å². The van der Waals surface area contributed by atoms with Gasteiger partial charge in [0.2, 0.25) is 5.91 Å². The Kier molecular flexibility index (Phi) is 11.2. The molecule has 3 heteroatoms. The molecule has 0 heterocycles. The molecule has 0 radical (unpaired) electrons. The van der Waals surface area contributed by atoms with E-state index in [1.807, 2.05) is 20.9 Å². The number of rotatable bonds is 5. The van der Waals surface area contributed by atoms with E-state index in [2.05, 4.69) is 25.8 Å². The Balaban J connectivity index is 0. The van der Waals surface area contributed by atoms with Gasteiger partial charge in [-0.15, -0.1) is 0 Å². The number of carbonyl (C=O) groups excluding carboxylic acids is 1. The fourth-order valence-corrected chi connectivity index (χ4v) is 1.19. The summed E-state index contributed by atoms with van der Waals surface area (Å²) >= 11 is 0. The summed E-state index contributed by atoms with van der Waals surface area (Å²) in [6.07, 6.45) is 0. The number of nitrogens with zero attached hydrogens (tertiary/aromatic N) is 2. The van der Waals surface area contributed by atoms with Crippen molar-refractivity contribution >= 4 is 5.91 Å². The summed E-state index contributed by atoms with van der Waals surface area (Å²) in [5, 5.41) is 0. The highest BCUT2D eigenvalue weighted by Crippen LogP contribution is 1.95. The van der Waals surface area contributed by atoms with Crippen molar-refractivity contribution in [3.05, 3.63) is 0 Å².